The molecule has 0 saturated carbocycles. The van der Waals surface area contributed by atoms with E-state index in [0.29, 0.717) is 0 Å². The molecule has 15 heavy (non-hydrogen) atoms. The number of allylic oxidation sites excluding steroid dienone is 1. The van der Waals surface area contributed by atoms with Crippen molar-refractivity contribution >= 4 is 11.6 Å². The second kappa shape index (κ2) is 5.34. The Balaban J connectivity index is 2.69. The van der Waals surface area contributed by atoms with Crippen LogP contribution in [0.5, 0.6) is 0 Å². The zero-order valence-corrected chi connectivity index (χ0v) is 10.1. The van der Waals surface area contributed by atoms with Gasteiger partial charge in [0, 0.05) is 11.1 Å². The Bertz CT molecular complexity index is 358. The topological polar surface area (TPSA) is 26.0 Å². The SMILES string of the molecule is C=C(C)CCC(N)c1ccc(Cl)c(C)c1. The molecule has 0 bridgehead atoms. The van der Waals surface area contributed by atoms with Crippen LogP contribution in [0.4, 0.5) is 0 Å². The fraction of sp³-hybridized carbons (Fsp3) is 0.385. The van der Waals surface area contributed by atoms with E-state index < -0.39 is 0 Å². The van der Waals surface area contributed by atoms with E-state index in [1.165, 1.54) is 5.57 Å². The second-order valence-electron chi connectivity index (χ2n) is 4.11. The van der Waals surface area contributed by atoms with Crippen molar-refractivity contribution in [2.24, 2.45) is 5.73 Å². The maximum atomic E-state index is 6.08. The van der Waals surface area contributed by atoms with Crippen LogP contribution in [0, 0.1) is 6.92 Å². The van der Waals surface area contributed by atoms with Crippen molar-refractivity contribution in [1.82, 2.24) is 0 Å². The first-order valence-electron chi connectivity index (χ1n) is 5.16. The summed E-state index contributed by atoms with van der Waals surface area (Å²) in [6.45, 7) is 7.90. The van der Waals surface area contributed by atoms with Crippen molar-refractivity contribution in [3.63, 3.8) is 0 Å². The van der Waals surface area contributed by atoms with Crippen LogP contribution < -0.4 is 5.73 Å². The molecule has 0 aliphatic rings. The molecule has 1 rings (SSSR count). The molecule has 0 spiro atoms. The van der Waals surface area contributed by atoms with Crippen molar-refractivity contribution in [3.05, 3.63) is 46.5 Å². The molecule has 1 nitrogen and oxygen atoms in total. The Morgan fingerprint density at radius 1 is 1.53 bits per heavy atom. The lowest BCUT2D eigenvalue weighted by Gasteiger charge is -2.13. The molecular formula is C13H18ClN. The van der Waals surface area contributed by atoms with E-state index in [-0.39, 0.29) is 6.04 Å². The Hall–Kier alpha value is -0.790. The number of aryl methyl sites for hydroxylation is 1. The van der Waals surface area contributed by atoms with E-state index in [1.54, 1.807) is 0 Å². The van der Waals surface area contributed by atoms with Crippen LogP contribution in [0.15, 0.2) is 30.4 Å². The molecular weight excluding hydrogens is 206 g/mol. The lowest BCUT2D eigenvalue weighted by Crippen LogP contribution is -2.10. The zero-order chi connectivity index (χ0) is 11.4. The highest BCUT2D eigenvalue weighted by molar-refractivity contribution is 6.31. The number of rotatable bonds is 4. The third-order valence-electron chi connectivity index (χ3n) is 2.49. The average Bonchev–Trinajstić information content (AvgIpc) is 2.18. The molecule has 0 heterocycles. The number of halogens is 1. The van der Waals surface area contributed by atoms with Gasteiger partial charge in [-0.15, -0.1) is 6.58 Å². The first-order valence-corrected chi connectivity index (χ1v) is 5.54. The van der Waals surface area contributed by atoms with Crippen LogP contribution in [0.3, 0.4) is 0 Å². The minimum Gasteiger partial charge on any atom is -0.324 e. The molecule has 0 aromatic heterocycles. The second-order valence-corrected chi connectivity index (χ2v) is 4.52. The molecule has 2 N–H and O–H groups in total. The van der Waals surface area contributed by atoms with Gasteiger partial charge in [0.1, 0.15) is 0 Å². The number of hydrogen-bond acceptors (Lipinski definition) is 1. The highest BCUT2D eigenvalue weighted by Gasteiger charge is 2.07. The van der Waals surface area contributed by atoms with Gasteiger partial charge in [-0.2, -0.15) is 0 Å². The maximum Gasteiger partial charge on any atom is 0.0435 e. The van der Waals surface area contributed by atoms with E-state index in [1.807, 2.05) is 26.0 Å². The summed E-state index contributed by atoms with van der Waals surface area (Å²) in [5.41, 5.74) is 9.49. The van der Waals surface area contributed by atoms with Crippen LogP contribution in [0.25, 0.3) is 0 Å². The van der Waals surface area contributed by atoms with Gasteiger partial charge in [-0.25, -0.2) is 0 Å². The summed E-state index contributed by atoms with van der Waals surface area (Å²) in [6.07, 6.45) is 1.92. The largest absolute Gasteiger partial charge is 0.324 e. The number of hydrogen-bond donors (Lipinski definition) is 1. The molecule has 0 saturated heterocycles. The van der Waals surface area contributed by atoms with Crippen LogP contribution in [-0.4, -0.2) is 0 Å². The van der Waals surface area contributed by atoms with Gasteiger partial charge in [-0.3, -0.25) is 0 Å². The summed E-state index contributed by atoms with van der Waals surface area (Å²) in [4.78, 5) is 0. The Labute approximate surface area is 96.9 Å². The molecule has 82 valence electrons. The monoisotopic (exact) mass is 223 g/mol. The van der Waals surface area contributed by atoms with Crippen molar-refractivity contribution in [2.75, 3.05) is 0 Å². The minimum atomic E-state index is 0.0812. The quantitative estimate of drug-likeness (QED) is 0.768. The van der Waals surface area contributed by atoms with Crippen LogP contribution >= 0.6 is 11.6 Å². The normalized spacial score (nSPS) is 12.5. The Morgan fingerprint density at radius 3 is 2.73 bits per heavy atom. The smallest absolute Gasteiger partial charge is 0.0435 e. The lowest BCUT2D eigenvalue weighted by atomic mass is 9.99. The maximum absolute atomic E-state index is 6.08. The summed E-state index contributed by atoms with van der Waals surface area (Å²) in [6, 6.07) is 6.05. The van der Waals surface area contributed by atoms with Gasteiger partial charge in [0.25, 0.3) is 0 Å². The predicted molar refractivity (Wildman–Crippen MR) is 67.2 cm³/mol. The molecule has 0 fully saturated rings. The standard InChI is InChI=1S/C13H18ClN/c1-9(2)4-7-13(15)11-5-6-12(14)10(3)8-11/h5-6,8,13H,1,4,7,15H2,2-3H3. The van der Waals surface area contributed by atoms with Crippen molar-refractivity contribution in [1.29, 1.82) is 0 Å². The fourth-order valence-electron chi connectivity index (χ4n) is 1.47. The molecule has 2 heteroatoms. The van der Waals surface area contributed by atoms with Gasteiger partial charge in [0.05, 0.1) is 0 Å². The molecule has 1 unspecified atom stereocenters. The van der Waals surface area contributed by atoms with E-state index in [9.17, 15) is 0 Å². The van der Waals surface area contributed by atoms with Crippen LogP contribution in [-0.2, 0) is 0 Å². The molecule has 1 atom stereocenters. The van der Waals surface area contributed by atoms with E-state index in [2.05, 4.69) is 12.6 Å². The van der Waals surface area contributed by atoms with Gasteiger partial charge in [-0.1, -0.05) is 29.3 Å². The summed E-state index contributed by atoms with van der Waals surface area (Å²) in [5, 5.41) is 0.797. The number of nitrogens with two attached hydrogens (primary N) is 1. The zero-order valence-electron chi connectivity index (χ0n) is 9.39. The molecule has 1 aromatic rings. The molecule has 0 aliphatic carbocycles. The van der Waals surface area contributed by atoms with Crippen molar-refractivity contribution in [3.8, 4) is 0 Å². The van der Waals surface area contributed by atoms with E-state index in [0.717, 1.165) is 29.0 Å². The summed E-state index contributed by atoms with van der Waals surface area (Å²) in [5.74, 6) is 0. The summed E-state index contributed by atoms with van der Waals surface area (Å²) >= 11 is 5.96. The first kappa shape index (κ1) is 12.3. The van der Waals surface area contributed by atoms with Gasteiger partial charge in [0.2, 0.25) is 0 Å². The highest BCUT2D eigenvalue weighted by Crippen LogP contribution is 2.22. The van der Waals surface area contributed by atoms with Gasteiger partial charge in [-0.05, 0) is 43.9 Å². The third-order valence-corrected chi connectivity index (χ3v) is 2.92. The molecule has 0 amide bonds. The van der Waals surface area contributed by atoms with Crippen LogP contribution in [0.1, 0.15) is 36.9 Å². The highest BCUT2D eigenvalue weighted by atomic mass is 35.5. The fourth-order valence-corrected chi connectivity index (χ4v) is 1.58. The van der Waals surface area contributed by atoms with Crippen LogP contribution in [0.2, 0.25) is 5.02 Å². The summed E-state index contributed by atoms with van der Waals surface area (Å²) in [7, 11) is 0. The van der Waals surface area contributed by atoms with Gasteiger partial charge >= 0.3 is 0 Å². The van der Waals surface area contributed by atoms with E-state index >= 15 is 0 Å². The molecule has 1 aromatic carbocycles. The predicted octanol–water partition coefficient (Wildman–Crippen LogP) is 4.00. The van der Waals surface area contributed by atoms with Crippen molar-refractivity contribution < 1.29 is 0 Å². The van der Waals surface area contributed by atoms with E-state index in [4.69, 9.17) is 17.3 Å². The molecule has 0 radical (unpaired) electrons. The minimum absolute atomic E-state index is 0.0812. The van der Waals surface area contributed by atoms with Gasteiger partial charge < -0.3 is 5.73 Å². The summed E-state index contributed by atoms with van der Waals surface area (Å²) < 4.78 is 0. The number of benzene rings is 1. The average molecular weight is 224 g/mol. The van der Waals surface area contributed by atoms with Gasteiger partial charge in [0.15, 0.2) is 0 Å². The Kier molecular flexibility index (Phi) is 4.37. The first-order chi connectivity index (χ1) is 7.00. The van der Waals surface area contributed by atoms with Crippen molar-refractivity contribution in [2.45, 2.75) is 32.7 Å². The third kappa shape index (κ3) is 3.69. The lowest BCUT2D eigenvalue weighted by molar-refractivity contribution is 0.649. The molecule has 0 aliphatic heterocycles. The Morgan fingerprint density at radius 2 is 2.20 bits per heavy atom.